The molecule has 76 heavy (non-hydrogen) atoms. The van der Waals surface area contributed by atoms with Crippen LogP contribution >= 0.6 is 0 Å². The molecule has 0 amide bonds. The van der Waals surface area contributed by atoms with Crippen molar-refractivity contribution in [1.29, 1.82) is 0 Å². The number of carbonyl (C=O) groups is 8. The summed E-state index contributed by atoms with van der Waals surface area (Å²) in [4.78, 5) is 81.4. The number of hydrogen-bond acceptors (Lipinski definition) is 24. The van der Waals surface area contributed by atoms with Gasteiger partial charge in [-0.3, -0.25) is 38.4 Å². The summed E-state index contributed by atoms with van der Waals surface area (Å²) in [6.45, 7) is 30.1. The quantitative estimate of drug-likeness (QED) is 0.0214. The minimum Gasteiger partial charge on any atom is -0.466 e. The van der Waals surface area contributed by atoms with Crippen LogP contribution in [0.25, 0.3) is 0 Å². The van der Waals surface area contributed by atoms with E-state index in [0.717, 1.165) is 6.42 Å². The van der Waals surface area contributed by atoms with Gasteiger partial charge in [-0.25, -0.2) is 0 Å². The summed E-state index contributed by atoms with van der Waals surface area (Å²) in [5.74, 6) is -2.02. The number of rotatable bonds is 31. The third-order valence-corrected chi connectivity index (χ3v) is 6.06. The molecule has 0 atom stereocenters. The topological polar surface area (TPSA) is 284 Å². The maximum absolute atomic E-state index is 12.0. The van der Waals surface area contributed by atoms with Crippen LogP contribution in [0, 0.1) is 5.92 Å². The van der Waals surface area contributed by atoms with Gasteiger partial charge >= 0.3 is 60.0 Å². The molecule has 456 valence electrons. The average molecular weight is 1130 g/mol. The van der Waals surface area contributed by atoms with Crippen molar-refractivity contribution in [3.63, 3.8) is 0 Å². The first-order chi connectivity index (χ1) is 35.3. The summed E-state index contributed by atoms with van der Waals surface area (Å²) in [5.41, 5.74) is 0. The zero-order valence-electron chi connectivity index (χ0n) is 48.0. The van der Waals surface area contributed by atoms with Crippen molar-refractivity contribution in [1.82, 2.24) is 0 Å². The number of carbonyl (C=O) groups excluding carboxylic acids is 8. The van der Waals surface area contributed by atoms with Crippen molar-refractivity contribution < 1.29 is 132 Å². The second-order valence-electron chi connectivity index (χ2n) is 13.9. The van der Waals surface area contributed by atoms with Gasteiger partial charge < -0.3 is 75.8 Å². The molecule has 0 aromatic rings. The summed E-state index contributed by atoms with van der Waals surface area (Å²) in [6, 6.07) is 0. The van der Waals surface area contributed by atoms with Crippen molar-refractivity contribution in [2.24, 2.45) is 5.92 Å². The van der Waals surface area contributed by atoms with Crippen molar-refractivity contribution in [3.05, 3.63) is 0 Å². The fourth-order valence-corrected chi connectivity index (χ4v) is 2.81. The molecular weight excluding hydrogens is 1040 g/mol. The highest BCUT2D eigenvalue weighted by Gasteiger charge is 2.21. The lowest BCUT2D eigenvalue weighted by molar-refractivity contribution is -0.229. The fourth-order valence-electron chi connectivity index (χ4n) is 2.81. The molecule has 0 aliphatic carbocycles. The summed E-state index contributed by atoms with van der Waals surface area (Å²) >= 11 is 0. The first-order valence-corrected chi connectivity index (χ1v) is 23.9. The zero-order valence-corrected chi connectivity index (χ0v) is 48.0. The largest absolute Gasteiger partial charge is 0.466 e. The number of hydrogen-bond donors (Lipinski definition) is 0. The van der Waals surface area contributed by atoms with Gasteiger partial charge in [0.2, 0.25) is 0 Å². The molecule has 0 saturated carbocycles. The Kier molecular flexibility index (Phi) is 78.8. The molecule has 0 heterocycles. The lowest BCUT2D eigenvalue weighted by atomic mass is 10.1. The second-order valence-corrected chi connectivity index (χ2v) is 13.9. The average Bonchev–Trinajstić information content (AvgIpc) is 3.29. The van der Waals surface area contributed by atoms with E-state index in [1.165, 1.54) is 48.5 Å². The molecule has 0 aliphatic heterocycles. The predicted octanol–water partition coefficient (Wildman–Crippen LogP) is 7.47. The van der Waals surface area contributed by atoms with Crippen molar-refractivity contribution in [2.45, 2.75) is 149 Å². The van der Waals surface area contributed by atoms with Gasteiger partial charge in [0.15, 0.2) is 34.0 Å². The van der Waals surface area contributed by atoms with E-state index in [2.05, 4.69) is 56.5 Å². The van der Waals surface area contributed by atoms with Gasteiger partial charge in [0, 0.05) is 115 Å². The molecule has 0 saturated heterocycles. The Bertz CT molecular complexity index is 1230. The maximum Gasteiger partial charge on any atom is 0.353 e. The number of halogens is 4. The van der Waals surface area contributed by atoms with Crippen LogP contribution in [0.2, 0.25) is 0 Å². The second kappa shape index (κ2) is 68.2. The molecule has 0 aliphatic rings. The van der Waals surface area contributed by atoms with Gasteiger partial charge in [-0.1, -0.05) is 13.8 Å². The summed E-state index contributed by atoms with van der Waals surface area (Å²) < 4.78 is 120. The highest BCUT2D eigenvalue weighted by Crippen LogP contribution is 2.13. The van der Waals surface area contributed by atoms with Gasteiger partial charge in [-0.05, 0) is 53.9 Å². The van der Waals surface area contributed by atoms with E-state index in [9.17, 15) is 55.9 Å². The molecule has 28 heteroatoms. The van der Waals surface area contributed by atoms with E-state index >= 15 is 0 Å². The highest BCUT2D eigenvalue weighted by atomic mass is 19.3. The van der Waals surface area contributed by atoms with Gasteiger partial charge in [0.25, 0.3) is 0 Å². The molecule has 0 unspecified atom stereocenters. The highest BCUT2D eigenvalue weighted by molar-refractivity contribution is 5.69. The van der Waals surface area contributed by atoms with Crippen LogP contribution in [0.1, 0.15) is 137 Å². The molecule has 0 aromatic heterocycles. The first kappa shape index (κ1) is 87.8. The Hall–Kier alpha value is -4.84. The number of esters is 8. The van der Waals surface area contributed by atoms with E-state index in [1.54, 1.807) is 0 Å². The van der Waals surface area contributed by atoms with Gasteiger partial charge in [0.05, 0.1) is 26.4 Å². The normalized spacial score (nSPS) is 9.82. The van der Waals surface area contributed by atoms with Gasteiger partial charge in [-0.2, -0.15) is 17.6 Å². The molecule has 0 radical (unpaired) electrons. The molecule has 0 bridgehead atoms. The Morgan fingerprint density at radius 3 is 0.868 bits per heavy atom. The summed E-state index contributed by atoms with van der Waals surface area (Å²) in [6.07, 6.45) is -4.56. The van der Waals surface area contributed by atoms with Crippen molar-refractivity contribution >= 4 is 47.8 Å². The van der Waals surface area contributed by atoms with Crippen LogP contribution < -0.4 is 0 Å². The van der Waals surface area contributed by atoms with Crippen LogP contribution in [0.3, 0.4) is 0 Å². The maximum atomic E-state index is 12.0. The molecule has 0 rings (SSSR count). The van der Waals surface area contributed by atoms with E-state index < -0.39 is 24.2 Å². The standard InChI is InChI=1S/C10H20O3.C7H12F2O3.C6H10F2O3.5C5H10O3/c1-4-12-7-8-13-10(11)6-5-9(2)3;1-6(10)11-4-3-5-12-7(2,8)9;1-5(9)10-3-4-11-6(2,7)8;5*1-3-7-4-8-5(2)6/h9H,4-8H2,1-3H3;3-5H2,1-2H3;3-4H2,1-2H3;5*3-4H2,1-2H3. The van der Waals surface area contributed by atoms with Crippen LogP contribution in [0.15, 0.2) is 0 Å². The van der Waals surface area contributed by atoms with Crippen LogP contribution in [-0.2, 0) is 114 Å². The summed E-state index contributed by atoms with van der Waals surface area (Å²) in [7, 11) is 0. The van der Waals surface area contributed by atoms with Crippen molar-refractivity contribution in [3.8, 4) is 0 Å². The minimum atomic E-state index is -3.15. The summed E-state index contributed by atoms with van der Waals surface area (Å²) in [5, 5.41) is 0. The van der Waals surface area contributed by atoms with E-state index in [4.69, 9.17) is 33.2 Å². The minimum absolute atomic E-state index is 0.0752. The first-order valence-electron chi connectivity index (χ1n) is 23.9. The fraction of sp³-hybridized carbons (Fsp3) is 0.833. The van der Waals surface area contributed by atoms with Gasteiger partial charge in [-0.15, -0.1) is 0 Å². The molecule has 0 spiro atoms. The SMILES string of the molecule is CC(=O)OCCCOC(C)(F)F.CC(=O)OCCOC(C)(F)F.CCOCCOC(=O)CCC(C)C.CCOCOC(C)=O.CCOCOC(C)=O.CCOCOC(C)=O.CCOCOC(C)=O.CCOCOC(C)=O. The Labute approximate surface area is 447 Å². The monoisotopic (exact) mass is 1130 g/mol. The third kappa shape index (κ3) is 139. The molecule has 0 aromatic carbocycles. The molecule has 0 N–H and O–H groups in total. The molecular formula is C48H92F4O24. The lowest BCUT2D eigenvalue weighted by Gasteiger charge is -2.10. The Morgan fingerprint density at radius 2 is 0.618 bits per heavy atom. The third-order valence-electron chi connectivity index (χ3n) is 6.06. The predicted molar refractivity (Wildman–Crippen MR) is 264 cm³/mol. The molecule has 0 fully saturated rings. The Balaban J connectivity index is -0.000000117. The number of ether oxygens (including phenoxy) is 16. The molecule has 24 nitrogen and oxygen atoms in total. The van der Waals surface area contributed by atoms with Crippen LogP contribution in [0.4, 0.5) is 17.6 Å². The van der Waals surface area contributed by atoms with Gasteiger partial charge in [0.1, 0.15) is 13.2 Å². The van der Waals surface area contributed by atoms with Crippen LogP contribution in [0.5, 0.6) is 0 Å². The number of alkyl halides is 4. The van der Waals surface area contributed by atoms with E-state index in [0.29, 0.717) is 79.0 Å². The zero-order chi connectivity index (χ0) is 60.7. The van der Waals surface area contributed by atoms with Crippen LogP contribution in [-0.4, -0.2) is 173 Å². The Morgan fingerprint density at radius 1 is 0.355 bits per heavy atom. The van der Waals surface area contributed by atoms with Crippen molar-refractivity contribution in [2.75, 3.05) is 113 Å². The smallest absolute Gasteiger partial charge is 0.353 e. The van der Waals surface area contributed by atoms with E-state index in [1.807, 2.05) is 41.5 Å². The lowest BCUT2D eigenvalue weighted by Crippen LogP contribution is -2.19. The van der Waals surface area contributed by atoms with E-state index in [-0.39, 0.29) is 103 Å².